The van der Waals surface area contributed by atoms with Crippen molar-refractivity contribution in [3.8, 4) is 0 Å². The normalized spacial score (nSPS) is 20.1. The first-order valence-electron chi connectivity index (χ1n) is 11.1. The van der Waals surface area contributed by atoms with Gasteiger partial charge in [0.05, 0.1) is 6.54 Å². The number of aliphatic imine (C=N–C) groups is 1. The van der Waals surface area contributed by atoms with Gasteiger partial charge in [-0.05, 0) is 56.8 Å². The van der Waals surface area contributed by atoms with Gasteiger partial charge in [-0.25, -0.2) is 9.67 Å². The number of nitrogens with one attached hydrogen (secondary N) is 2. The second-order valence-corrected chi connectivity index (χ2v) is 8.68. The third kappa shape index (κ3) is 6.79. The molecule has 0 bridgehead atoms. The third-order valence-corrected chi connectivity index (χ3v) is 6.43. The highest BCUT2D eigenvalue weighted by Gasteiger charge is 2.22. The predicted molar refractivity (Wildman–Crippen MR) is 136 cm³/mol. The standard InChI is InChI=1S/C22H32ClN7.HI/c1-2-24-22(28-19-7-8-21-26-16-27-30(21)15-19)25-13-17-9-11-29(12-10-17)14-18-5-3-4-6-20(18)23;/h3-6,16-17,19H,2,7-15H2,1H3,(H2,24,25,28);1H. The van der Waals surface area contributed by atoms with Crippen LogP contribution >= 0.6 is 35.6 Å². The highest BCUT2D eigenvalue weighted by Crippen LogP contribution is 2.22. The summed E-state index contributed by atoms with van der Waals surface area (Å²) in [6, 6.07) is 8.50. The van der Waals surface area contributed by atoms with E-state index in [9.17, 15) is 0 Å². The molecule has 9 heteroatoms. The van der Waals surface area contributed by atoms with Crippen LogP contribution in [-0.4, -0.2) is 57.8 Å². The highest BCUT2D eigenvalue weighted by atomic mass is 127. The van der Waals surface area contributed by atoms with Crippen LogP contribution in [0.15, 0.2) is 35.6 Å². The van der Waals surface area contributed by atoms with E-state index >= 15 is 0 Å². The van der Waals surface area contributed by atoms with E-state index in [2.05, 4.69) is 44.7 Å². The smallest absolute Gasteiger partial charge is 0.191 e. The Morgan fingerprint density at radius 3 is 2.81 bits per heavy atom. The molecule has 3 heterocycles. The van der Waals surface area contributed by atoms with Crippen molar-refractivity contribution in [1.29, 1.82) is 0 Å². The lowest BCUT2D eigenvalue weighted by atomic mass is 9.96. The number of fused-ring (bicyclic) bond motifs is 1. The van der Waals surface area contributed by atoms with E-state index in [1.54, 1.807) is 6.33 Å². The summed E-state index contributed by atoms with van der Waals surface area (Å²) in [5, 5.41) is 12.2. The number of aromatic nitrogens is 3. The fraction of sp³-hybridized carbons (Fsp3) is 0.591. The number of aryl methyl sites for hydroxylation is 1. The molecule has 1 unspecified atom stereocenters. The average molecular weight is 558 g/mol. The Bertz CT molecular complexity index is 848. The molecule has 2 N–H and O–H groups in total. The van der Waals surface area contributed by atoms with Gasteiger partial charge < -0.3 is 10.6 Å². The number of hydrogen-bond donors (Lipinski definition) is 2. The maximum Gasteiger partial charge on any atom is 0.191 e. The zero-order valence-electron chi connectivity index (χ0n) is 18.1. The molecule has 7 nitrogen and oxygen atoms in total. The van der Waals surface area contributed by atoms with Crippen LogP contribution in [-0.2, 0) is 19.5 Å². The first-order chi connectivity index (χ1) is 14.7. The Kier molecular flexibility index (Phi) is 9.40. The molecule has 31 heavy (non-hydrogen) atoms. The fourth-order valence-corrected chi connectivity index (χ4v) is 4.48. The van der Waals surface area contributed by atoms with Gasteiger partial charge in [0.1, 0.15) is 12.2 Å². The molecule has 2 aliphatic heterocycles. The largest absolute Gasteiger partial charge is 0.357 e. The van der Waals surface area contributed by atoms with Gasteiger partial charge >= 0.3 is 0 Å². The Balaban J connectivity index is 0.00000272. The van der Waals surface area contributed by atoms with Crippen LogP contribution in [0.3, 0.4) is 0 Å². The predicted octanol–water partition coefficient (Wildman–Crippen LogP) is 3.33. The minimum Gasteiger partial charge on any atom is -0.357 e. The maximum atomic E-state index is 6.32. The van der Waals surface area contributed by atoms with Crippen molar-refractivity contribution >= 4 is 41.5 Å². The highest BCUT2D eigenvalue weighted by molar-refractivity contribution is 14.0. The van der Waals surface area contributed by atoms with Gasteiger partial charge in [-0.3, -0.25) is 9.89 Å². The average Bonchev–Trinajstić information content (AvgIpc) is 3.23. The molecular formula is C22H33ClIN7. The van der Waals surface area contributed by atoms with Crippen molar-refractivity contribution in [2.75, 3.05) is 26.2 Å². The molecule has 0 saturated carbocycles. The van der Waals surface area contributed by atoms with E-state index in [0.717, 1.165) is 68.9 Å². The molecule has 0 aliphatic carbocycles. The van der Waals surface area contributed by atoms with Gasteiger partial charge in [0.2, 0.25) is 0 Å². The van der Waals surface area contributed by atoms with Crippen LogP contribution in [0.5, 0.6) is 0 Å². The lowest BCUT2D eigenvalue weighted by Gasteiger charge is -2.31. The number of nitrogens with zero attached hydrogens (tertiary/aromatic N) is 5. The summed E-state index contributed by atoms with van der Waals surface area (Å²) in [5.74, 6) is 2.64. The van der Waals surface area contributed by atoms with Crippen LogP contribution in [0.25, 0.3) is 0 Å². The number of guanidine groups is 1. The first-order valence-corrected chi connectivity index (χ1v) is 11.5. The molecule has 1 atom stereocenters. The summed E-state index contributed by atoms with van der Waals surface area (Å²) < 4.78 is 2.00. The van der Waals surface area contributed by atoms with Crippen molar-refractivity contribution < 1.29 is 0 Å². The van der Waals surface area contributed by atoms with E-state index in [0.29, 0.717) is 12.0 Å². The number of hydrogen-bond acceptors (Lipinski definition) is 4. The molecule has 1 saturated heterocycles. The van der Waals surface area contributed by atoms with Crippen LogP contribution in [0.1, 0.15) is 37.6 Å². The zero-order chi connectivity index (χ0) is 20.8. The second kappa shape index (κ2) is 12.0. The molecular weight excluding hydrogens is 525 g/mol. The quantitative estimate of drug-likeness (QED) is 0.324. The van der Waals surface area contributed by atoms with E-state index in [1.807, 2.05) is 16.8 Å². The lowest BCUT2D eigenvalue weighted by Crippen LogP contribution is -2.47. The van der Waals surface area contributed by atoms with Gasteiger partial charge in [-0.1, -0.05) is 29.8 Å². The Labute approximate surface area is 207 Å². The zero-order valence-corrected chi connectivity index (χ0v) is 21.2. The third-order valence-electron chi connectivity index (χ3n) is 6.06. The second-order valence-electron chi connectivity index (χ2n) is 8.27. The molecule has 0 amide bonds. The van der Waals surface area contributed by atoms with Crippen molar-refractivity contribution in [3.05, 3.63) is 47.0 Å². The molecule has 170 valence electrons. The minimum atomic E-state index is 0. The van der Waals surface area contributed by atoms with E-state index in [1.165, 1.54) is 18.4 Å². The lowest BCUT2D eigenvalue weighted by molar-refractivity contribution is 0.180. The van der Waals surface area contributed by atoms with Gasteiger partial charge in [0, 0.05) is 37.1 Å². The maximum absolute atomic E-state index is 6.32. The summed E-state index contributed by atoms with van der Waals surface area (Å²) in [5.41, 5.74) is 1.22. The Morgan fingerprint density at radius 2 is 2.03 bits per heavy atom. The number of likely N-dealkylation sites (tertiary alicyclic amines) is 1. The van der Waals surface area contributed by atoms with E-state index < -0.39 is 0 Å². The molecule has 2 aliphatic rings. The van der Waals surface area contributed by atoms with Crippen LogP contribution in [0.2, 0.25) is 5.02 Å². The molecule has 1 aromatic carbocycles. The Morgan fingerprint density at radius 1 is 1.23 bits per heavy atom. The van der Waals surface area contributed by atoms with Crippen molar-refractivity contribution in [2.45, 2.75) is 51.7 Å². The van der Waals surface area contributed by atoms with E-state index in [4.69, 9.17) is 16.6 Å². The molecule has 0 spiro atoms. The summed E-state index contributed by atoms with van der Waals surface area (Å²) in [6.45, 7) is 7.84. The Hall–Kier alpha value is -1.39. The molecule has 1 aromatic heterocycles. The summed E-state index contributed by atoms with van der Waals surface area (Å²) >= 11 is 6.32. The number of halogens is 2. The molecule has 2 aromatic rings. The monoisotopic (exact) mass is 557 g/mol. The van der Waals surface area contributed by atoms with E-state index in [-0.39, 0.29) is 24.0 Å². The van der Waals surface area contributed by atoms with Crippen molar-refractivity contribution in [1.82, 2.24) is 30.3 Å². The fourth-order valence-electron chi connectivity index (χ4n) is 4.28. The van der Waals surface area contributed by atoms with Gasteiger partial charge in [0.15, 0.2) is 5.96 Å². The van der Waals surface area contributed by atoms with Gasteiger partial charge in [-0.15, -0.1) is 24.0 Å². The van der Waals surface area contributed by atoms with Crippen molar-refractivity contribution in [3.63, 3.8) is 0 Å². The first kappa shape index (κ1) is 24.3. The summed E-state index contributed by atoms with van der Waals surface area (Å²) in [6.07, 6.45) is 6.03. The van der Waals surface area contributed by atoms with Gasteiger partial charge in [-0.2, -0.15) is 5.10 Å². The van der Waals surface area contributed by atoms with Crippen molar-refractivity contribution in [2.24, 2.45) is 10.9 Å². The topological polar surface area (TPSA) is 70.4 Å². The molecule has 0 radical (unpaired) electrons. The SMILES string of the molecule is CCNC(=NCC1CCN(Cc2ccccc2Cl)CC1)NC1CCc2ncnn2C1.I. The summed E-state index contributed by atoms with van der Waals surface area (Å²) in [7, 11) is 0. The summed E-state index contributed by atoms with van der Waals surface area (Å²) in [4.78, 5) is 11.7. The van der Waals surface area contributed by atoms with Crippen LogP contribution < -0.4 is 10.6 Å². The van der Waals surface area contributed by atoms with Gasteiger partial charge in [0.25, 0.3) is 0 Å². The molecule has 1 fully saturated rings. The van der Waals surface area contributed by atoms with Crippen LogP contribution in [0.4, 0.5) is 0 Å². The van der Waals surface area contributed by atoms with Crippen LogP contribution in [0, 0.1) is 5.92 Å². The molecule has 4 rings (SSSR count). The number of benzene rings is 1. The number of rotatable bonds is 6. The minimum absolute atomic E-state index is 0. The number of piperidine rings is 1.